The van der Waals surface area contributed by atoms with E-state index in [2.05, 4.69) is 95.4 Å². The van der Waals surface area contributed by atoms with Gasteiger partial charge >= 0.3 is 0 Å². The van der Waals surface area contributed by atoms with Crippen molar-refractivity contribution in [3.05, 3.63) is 88.6 Å². The van der Waals surface area contributed by atoms with Gasteiger partial charge in [-0.1, -0.05) is 70.2 Å². The van der Waals surface area contributed by atoms with Gasteiger partial charge in [0.15, 0.2) is 0 Å². The molecule has 0 amide bonds. The summed E-state index contributed by atoms with van der Waals surface area (Å²) >= 11 is 0. The lowest BCUT2D eigenvalue weighted by atomic mass is 9.89. The summed E-state index contributed by atoms with van der Waals surface area (Å²) in [5, 5.41) is 2.63. The Morgan fingerprint density at radius 3 is 2.30 bits per heavy atom. The second-order valence-electron chi connectivity index (χ2n) is 9.35. The fourth-order valence-corrected chi connectivity index (χ4v) is 4.90. The summed E-state index contributed by atoms with van der Waals surface area (Å²) in [6, 6.07) is 20.5. The van der Waals surface area contributed by atoms with Crippen LogP contribution in [0.4, 0.5) is 0 Å². The Morgan fingerprint density at radius 1 is 0.767 bits per heavy atom. The van der Waals surface area contributed by atoms with Gasteiger partial charge in [-0.15, -0.1) is 0 Å². The minimum Gasteiger partial charge on any atom is -0.255 e. The fourth-order valence-electron chi connectivity index (χ4n) is 4.90. The molecular formula is C29H29N. The molecule has 5 rings (SSSR count). The first-order chi connectivity index (χ1) is 14.4. The first-order valence-electron chi connectivity index (χ1n) is 11.1. The van der Waals surface area contributed by atoms with E-state index >= 15 is 0 Å². The summed E-state index contributed by atoms with van der Waals surface area (Å²) in [5.41, 5.74) is 12.0. The summed E-state index contributed by atoms with van der Waals surface area (Å²) in [6.07, 6.45) is 3.09. The molecule has 1 heteroatoms. The van der Waals surface area contributed by atoms with E-state index in [0.29, 0.717) is 11.8 Å². The largest absolute Gasteiger partial charge is 0.255 e. The first kappa shape index (κ1) is 19.1. The molecule has 4 aromatic rings. The summed E-state index contributed by atoms with van der Waals surface area (Å²) < 4.78 is 0. The maximum Gasteiger partial charge on any atom is 0.0783 e. The summed E-state index contributed by atoms with van der Waals surface area (Å²) in [7, 11) is 0. The molecule has 0 N–H and O–H groups in total. The standard InChI is InChI=1S/C29H29N/c1-17(2)20-10-11-23-27(14-20)29(30-16-28(23)18(3)4)26-13-19(5)12-24-22-9-7-6-8-21(22)15-25(24)26/h6-14,16-18H,15H2,1-5H3. The van der Waals surface area contributed by atoms with E-state index in [1.165, 1.54) is 55.3 Å². The normalized spacial score (nSPS) is 12.6. The van der Waals surface area contributed by atoms with Gasteiger partial charge in [-0.25, -0.2) is 0 Å². The van der Waals surface area contributed by atoms with Crippen molar-refractivity contribution in [1.29, 1.82) is 0 Å². The van der Waals surface area contributed by atoms with Crippen molar-refractivity contribution in [3.8, 4) is 22.4 Å². The zero-order valence-corrected chi connectivity index (χ0v) is 18.6. The predicted octanol–water partition coefficient (Wildman–Crippen LogP) is 8.03. The number of pyridine rings is 1. The molecule has 0 spiro atoms. The molecule has 30 heavy (non-hydrogen) atoms. The molecule has 1 aliphatic carbocycles. The Kier molecular flexibility index (Phi) is 4.50. The van der Waals surface area contributed by atoms with E-state index in [0.717, 1.165) is 12.1 Å². The highest BCUT2D eigenvalue weighted by molar-refractivity contribution is 5.99. The van der Waals surface area contributed by atoms with Crippen molar-refractivity contribution in [2.24, 2.45) is 0 Å². The van der Waals surface area contributed by atoms with Gasteiger partial charge in [0.2, 0.25) is 0 Å². The summed E-state index contributed by atoms with van der Waals surface area (Å²) in [4.78, 5) is 5.08. The molecule has 1 nitrogen and oxygen atoms in total. The average molecular weight is 392 g/mol. The molecule has 0 saturated carbocycles. The maximum atomic E-state index is 5.08. The maximum absolute atomic E-state index is 5.08. The number of nitrogens with zero attached hydrogens (tertiary/aromatic N) is 1. The Balaban J connectivity index is 1.82. The quantitative estimate of drug-likeness (QED) is 0.303. The number of benzene rings is 3. The van der Waals surface area contributed by atoms with Gasteiger partial charge in [0, 0.05) is 17.1 Å². The second-order valence-corrected chi connectivity index (χ2v) is 9.35. The van der Waals surface area contributed by atoms with E-state index in [-0.39, 0.29) is 0 Å². The minimum absolute atomic E-state index is 0.450. The molecule has 0 bridgehead atoms. The zero-order chi connectivity index (χ0) is 21.0. The van der Waals surface area contributed by atoms with Crippen LogP contribution in [0.3, 0.4) is 0 Å². The van der Waals surface area contributed by atoms with Crippen LogP contribution in [0.2, 0.25) is 0 Å². The molecule has 0 unspecified atom stereocenters. The molecule has 0 saturated heterocycles. The van der Waals surface area contributed by atoms with E-state index in [9.17, 15) is 0 Å². The molecule has 0 aliphatic heterocycles. The third-order valence-corrected chi connectivity index (χ3v) is 6.56. The Bertz CT molecular complexity index is 1280. The van der Waals surface area contributed by atoms with Gasteiger partial charge in [-0.3, -0.25) is 4.98 Å². The lowest BCUT2D eigenvalue weighted by Gasteiger charge is -2.17. The van der Waals surface area contributed by atoms with Crippen molar-refractivity contribution >= 4 is 10.8 Å². The molecular weight excluding hydrogens is 362 g/mol. The van der Waals surface area contributed by atoms with E-state index in [1.54, 1.807) is 0 Å². The number of rotatable bonds is 3. The van der Waals surface area contributed by atoms with Crippen LogP contribution in [0.5, 0.6) is 0 Å². The molecule has 1 aliphatic rings. The molecule has 0 radical (unpaired) electrons. The summed E-state index contributed by atoms with van der Waals surface area (Å²) in [5.74, 6) is 0.948. The molecule has 1 heterocycles. The van der Waals surface area contributed by atoms with Crippen LogP contribution in [0.15, 0.2) is 60.8 Å². The van der Waals surface area contributed by atoms with Gasteiger partial charge in [-0.05, 0) is 81.6 Å². The highest BCUT2D eigenvalue weighted by Crippen LogP contribution is 2.44. The van der Waals surface area contributed by atoms with Crippen molar-refractivity contribution in [2.75, 3.05) is 0 Å². The van der Waals surface area contributed by atoms with Crippen molar-refractivity contribution in [2.45, 2.75) is 52.9 Å². The van der Waals surface area contributed by atoms with Crippen LogP contribution < -0.4 is 0 Å². The van der Waals surface area contributed by atoms with Crippen LogP contribution in [0.25, 0.3) is 33.2 Å². The second kappa shape index (κ2) is 7.09. The van der Waals surface area contributed by atoms with Gasteiger partial charge in [0.1, 0.15) is 0 Å². The van der Waals surface area contributed by atoms with Crippen LogP contribution in [0.1, 0.15) is 67.3 Å². The Morgan fingerprint density at radius 2 is 1.53 bits per heavy atom. The molecule has 0 fully saturated rings. The molecule has 150 valence electrons. The number of fused-ring (bicyclic) bond motifs is 4. The van der Waals surface area contributed by atoms with Gasteiger partial charge in [0.05, 0.1) is 5.69 Å². The number of hydrogen-bond donors (Lipinski definition) is 0. The average Bonchev–Trinajstić information content (AvgIpc) is 3.10. The molecule has 3 aromatic carbocycles. The highest BCUT2D eigenvalue weighted by atomic mass is 14.7. The van der Waals surface area contributed by atoms with Gasteiger partial charge in [0.25, 0.3) is 0 Å². The van der Waals surface area contributed by atoms with Crippen molar-refractivity contribution < 1.29 is 0 Å². The topological polar surface area (TPSA) is 12.9 Å². The number of aromatic nitrogens is 1. The van der Waals surface area contributed by atoms with Crippen molar-refractivity contribution in [3.63, 3.8) is 0 Å². The SMILES string of the molecule is Cc1cc2c(c(-c3ncc(C(C)C)c4ccc(C(C)C)cc34)c1)Cc1ccccc1-2. The fraction of sp³-hybridized carbons (Fsp3) is 0.276. The number of aryl methyl sites for hydroxylation is 1. The van der Waals surface area contributed by atoms with Crippen LogP contribution in [0, 0.1) is 6.92 Å². The van der Waals surface area contributed by atoms with E-state index < -0.39 is 0 Å². The smallest absolute Gasteiger partial charge is 0.0783 e. The van der Waals surface area contributed by atoms with Crippen LogP contribution >= 0.6 is 0 Å². The minimum atomic E-state index is 0.450. The third kappa shape index (κ3) is 2.96. The Hall–Kier alpha value is -2.93. The lowest BCUT2D eigenvalue weighted by Crippen LogP contribution is -1.99. The Labute approximate surface area is 179 Å². The lowest BCUT2D eigenvalue weighted by molar-refractivity contribution is 0.862. The van der Waals surface area contributed by atoms with Gasteiger partial charge in [-0.2, -0.15) is 0 Å². The predicted molar refractivity (Wildman–Crippen MR) is 128 cm³/mol. The van der Waals surface area contributed by atoms with Gasteiger partial charge < -0.3 is 0 Å². The van der Waals surface area contributed by atoms with Crippen LogP contribution in [-0.4, -0.2) is 4.98 Å². The third-order valence-electron chi connectivity index (χ3n) is 6.56. The molecule has 1 aromatic heterocycles. The number of hydrogen-bond acceptors (Lipinski definition) is 1. The zero-order valence-electron chi connectivity index (χ0n) is 18.6. The molecule has 0 atom stereocenters. The highest BCUT2D eigenvalue weighted by Gasteiger charge is 2.24. The van der Waals surface area contributed by atoms with Crippen LogP contribution in [-0.2, 0) is 6.42 Å². The van der Waals surface area contributed by atoms with E-state index in [1.807, 2.05) is 0 Å². The summed E-state index contributed by atoms with van der Waals surface area (Å²) in [6.45, 7) is 11.2. The first-order valence-corrected chi connectivity index (χ1v) is 11.1. The van der Waals surface area contributed by atoms with Crippen molar-refractivity contribution in [1.82, 2.24) is 4.98 Å². The monoisotopic (exact) mass is 391 g/mol. The van der Waals surface area contributed by atoms with E-state index in [4.69, 9.17) is 4.98 Å².